The van der Waals surface area contributed by atoms with E-state index in [2.05, 4.69) is 15.9 Å². The number of carbonyl (C=O) groups excluding carboxylic acids is 2. The van der Waals surface area contributed by atoms with Gasteiger partial charge >= 0.3 is 0 Å². The highest BCUT2D eigenvalue weighted by atomic mass is 79.9. The zero-order valence-electron chi connectivity index (χ0n) is 16.0. The second-order valence-electron chi connectivity index (χ2n) is 6.95. The second-order valence-corrected chi connectivity index (χ2v) is 9.84. The topological polar surface area (TPSA) is 74.8 Å². The highest BCUT2D eigenvalue weighted by Gasteiger charge is 2.29. The third-order valence-corrected chi connectivity index (χ3v) is 7.29. The second kappa shape index (κ2) is 9.65. The largest absolute Gasteiger partial charge is 0.340 e. The molecule has 0 N–H and O–H groups in total. The molecule has 6 nitrogen and oxygen atoms in total. The molecule has 2 aromatic rings. The molecule has 29 heavy (non-hydrogen) atoms. The number of sulfonamides is 1. The minimum absolute atomic E-state index is 0.0382. The molecule has 1 aliphatic heterocycles. The van der Waals surface area contributed by atoms with Gasteiger partial charge in [-0.25, -0.2) is 8.42 Å². The van der Waals surface area contributed by atoms with Crippen LogP contribution >= 0.6 is 15.9 Å². The third kappa shape index (κ3) is 5.98. The smallest absolute Gasteiger partial charge is 0.223 e. The Hall–Kier alpha value is -2.03. The van der Waals surface area contributed by atoms with Gasteiger partial charge in [-0.1, -0.05) is 58.4 Å². The Balaban J connectivity index is 1.47. The molecule has 1 amide bonds. The summed E-state index contributed by atoms with van der Waals surface area (Å²) in [7, 11) is -3.41. The standard InChI is InChI=1S/C21H23BrN2O4S/c22-19-8-6-18(7-9-19)20(25)10-11-21(26)23-12-14-24(15-13-23)29(27,28)16-17-4-2-1-3-5-17/h1-9H,10-16H2. The first-order valence-corrected chi connectivity index (χ1v) is 11.8. The van der Waals surface area contributed by atoms with Crippen LogP contribution in [0, 0.1) is 0 Å². The quantitative estimate of drug-likeness (QED) is 0.573. The SMILES string of the molecule is O=C(CCC(=O)N1CCN(S(=O)(=O)Cc2ccccc2)CC1)c1ccc(Br)cc1. The molecule has 0 aromatic heterocycles. The van der Waals surface area contributed by atoms with Gasteiger partial charge in [0, 0.05) is 49.1 Å². The molecule has 0 radical (unpaired) electrons. The monoisotopic (exact) mass is 478 g/mol. The van der Waals surface area contributed by atoms with E-state index in [1.165, 1.54) is 4.31 Å². The summed E-state index contributed by atoms with van der Waals surface area (Å²) in [5.41, 5.74) is 1.33. The van der Waals surface area contributed by atoms with E-state index in [1.54, 1.807) is 41.3 Å². The van der Waals surface area contributed by atoms with Crippen LogP contribution in [-0.2, 0) is 20.6 Å². The Bertz CT molecular complexity index is 954. The van der Waals surface area contributed by atoms with Gasteiger partial charge in [-0.15, -0.1) is 0 Å². The number of benzene rings is 2. The van der Waals surface area contributed by atoms with Gasteiger partial charge in [0.1, 0.15) is 0 Å². The fraction of sp³-hybridized carbons (Fsp3) is 0.333. The Morgan fingerprint density at radius 3 is 2.10 bits per heavy atom. The van der Waals surface area contributed by atoms with Crippen molar-refractivity contribution in [1.82, 2.24) is 9.21 Å². The molecule has 0 aliphatic carbocycles. The first-order valence-electron chi connectivity index (χ1n) is 9.43. The van der Waals surface area contributed by atoms with Gasteiger partial charge in [0.25, 0.3) is 0 Å². The summed E-state index contributed by atoms with van der Waals surface area (Å²) in [6, 6.07) is 16.1. The molecule has 1 fully saturated rings. The van der Waals surface area contributed by atoms with E-state index in [1.807, 2.05) is 18.2 Å². The molecule has 0 unspecified atom stereocenters. The maximum Gasteiger partial charge on any atom is 0.223 e. The number of piperazine rings is 1. The molecular formula is C21H23BrN2O4S. The normalized spacial score (nSPS) is 15.3. The van der Waals surface area contributed by atoms with Crippen molar-refractivity contribution in [2.75, 3.05) is 26.2 Å². The van der Waals surface area contributed by atoms with E-state index in [-0.39, 0.29) is 43.4 Å². The average molecular weight is 479 g/mol. The van der Waals surface area contributed by atoms with Gasteiger partial charge in [-0.3, -0.25) is 9.59 Å². The van der Waals surface area contributed by atoms with Crippen LogP contribution in [0.1, 0.15) is 28.8 Å². The van der Waals surface area contributed by atoms with E-state index in [0.717, 1.165) is 10.0 Å². The minimum Gasteiger partial charge on any atom is -0.340 e. The van der Waals surface area contributed by atoms with Crippen LogP contribution in [0.5, 0.6) is 0 Å². The van der Waals surface area contributed by atoms with Crippen molar-refractivity contribution in [3.8, 4) is 0 Å². The third-order valence-electron chi connectivity index (χ3n) is 4.91. The number of nitrogens with zero attached hydrogens (tertiary/aromatic N) is 2. The summed E-state index contributed by atoms with van der Waals surface area (Å²) >= 11 is 3.33. The van der Waals surface area contributed by atoms with Gasteiger partial charge in [-0.2, -0.15) is 4.31 Å². The van der Waals surface area contributed by atoms with Gasteiger partial charge in [-0.05, 0) is 17.7 Å². The molecule has 0 atom stereocenters. The van der Waals surface area contributed by atoms with Crippen LogP contribution in [0.2, 0.25) is 0 Å². The van der Waals surface area contributed by atoms with Gasteiger partial charge in [0.05, 0.1) is 5.75 Å². The summed E-state index contributed by atoms with van der Waals surface area (Å²) in [4.78, 5) is 26.3. The summed E-state index contributed by atoms with van der Waals surface area (Å²) in [6.45, 7) is 1.25. The van der Waals surface area contributed by atoms with E-state index >= 15 is 0 Å². The fourth-order valence-corrected chi connectivity index (χ4v) is 5.03. The lowest BCUT2D eigenvalue weighted by molar-refractivity contribution is -0.132. The molecule has 0 spiro atoms. The average Bonchev–Trinajstić information content (AvgIpc) is 2.73. The summed E-state index contributed by atoms with van der Waals surface area (Å²) < 4.78 is 27.5. The molecule has 1 aliphatic rings. The van der Waals surface area contributed by atoms with Gasteiger partial charge in [0.15, 0.2) is 5.78 Å². The molecular weight excluding hydrogens is 456 g/mol. The molecule has 154 valence electrons. The zero-order chi connectivity index (χ0) is 20.9. The molecule has 1 saturated heterocycles. The number of Topliss-reactive ketones (excluding diaryl/α,β-unsaturated/α-hetero) is 1. The number of halogens is 1. The molecule has 1 heterocycles. The Labute approximate surface area is 179 Å². The predicted molar refractivity (Wildman–Crippen MR) is 115 cm³/mol. The maximum atomic E-state index is 12.6. The van der Waals surface area contributed by atoms with Crippen molar-refractivity contribution in [2.45, 2.75) is 18.6 Å². The maximum absolute atomic E-state index is 12.6. The Kier molecular flexibility index (Phi) is 7.21. The van der Waals surface area contributed by atoms with Crippen LogP contribution in [0.4, 0.5) is 0 Å². The lowest BCUT2D eigenvalue weighted by Crippen LogP contribution is -2.50. The van der Waals surface area contributed by atoms with Crippen molar-refractivity contribution in [2.24, 2.45) is 0 Å². The van der Waals surface area contributed by atoms with Crippen LogP contribution in [0.3, 0.4) is 0 Å². The predicted octanol–water partition coefficient (Wildman–Crippen LogP) is 3.09. The van der Waals surface area contributed by atoms with Crippen LogP contribution in [0.25, 0.3) is 0 Å². The number of hydrogen-bond donors (Lipinski definition) is 0. The number of ketones is 1. The first-order chi connectivity index (χ1) is 13.8. The molecule has 3 rings (SSSR count). The summed E-state index contributed by atoms with van der Waals surface area (Å²) in [5.74, 6) is -0.228. The first kappa shape index (κ1) is 21.7. The van der Waals surface area contributed by atoms with Crippen LogP contribution in [-0.4, -0.2) is 55.5 Å². The molecule has 0 bridgehead atoms. The van der Waals surface area contributed by atoms with E-state index < -0.39 is 10.0 Å². The van der Waals surface area contributed by atoms with Gasteiger partial charge < -0.3 is 4.90 Å². The highest BCUT2D eigenvalue weighted by Crippen LogP contribution is 2.16. The molecule has 8 heteroatoms. The lowest BCUT2D eigenvalue weighted by atomic mass is 10.1. The summed E-state index contributed by atoms with van der Waals surface area (Å²) in [5, 5.41) is 0. The van der Waals surface area contributed by atoms with Gasteiger partial charge in [0.2, 0.25) is 15.9 Å². The fourth-order valence-electron chi connectivity index (χ4n) is 3.25. The molecule has 0 saturated carbocycles. The zero-order valence-corrected chi connectivity index (χ0v) is 18.4. The number of rotatable bonds is 7. The van der Waals surface area contributed by atoms with Crippen molar-refractivity contribution >= 4 is 37.6 Å². The Morgan fingerprint density at radius 1 is 0.862 bits per heavy atom. The number of amides is 1. The van der Waals surface area contributed by atoms with E-state index in [9.17, 15) is 18.0 Å². The van der Waals surface area contributed by atoms with E-state index in [0.29, 0.717) is 18.7 Å². The lowest BCUT2D eigenvalue weighted by Gasteiger charge is -2.34. The highest BCUT2D eigenvalue weighted by molar-refractivity contribution is 9.10. The van der Waals surface area contributed by atoms with Crippen LogP contribution < -0.4 is 0 Å². The minimum atomic E-state index is -3.41. The van der Waals surface area contributed by atoms with Crippen molar-refractivity contribution < 1.29 is 18.0 Å². The van der Waals surface area contributed by atoms with E-state index in [4.69, 9.17) is 0 Å². The van der Waals surface area contributed by atoms with Crippen molar-refractivity contribution in [3.63, 3.8) is 0 Å². The number of carbonyl (C=O) groups is 2. The molecule has 2 aromatic carbocycles. The van der Waals surface area contributed by atoms with Crippen molar-refractivity contribution in [1.29, 1.82) is 0 Å². The Morgan fingerprint density at radius 2 is 1.48 bits per heavy atom. The van der Waals surface area contributed by atoms with Crippen LogP contribution in [0.15, 0.2) is 59.1 Å². The van der Waals surface area contributed by atoms with Crippen molar-refractivity contribution in [3.05, 3.63) is 70.2 Å². The number of hydrogen-bond acceptors (Lipinski definition) is 4. The summed E-state index contributed by atoms with van der Waals surface area (Å²) in [6.07, 6.45) is 0.276.